The first kappa shape index (κ1) is 14.8. The zero-order valence-corrected chi connectivity index (χ0v) is 12.9. The molecule has 3 heteroatoms. The number of benzene rings is 2. The number of carbonyl (C=O) groups is 1. The topological polar surface area (TPSA) is 32.3 Å². The molecule has 2 atom stereocenters. The first-order valence-corrected chi connectivity index (χ1v) is 7.87. The molecular formula is C19H22N2O. The monoisotopic (exact) mass is 294 g/mol. The van der Waals surface area contributed by atoms with Gasteiger partial charge in [0.15, 0.2) is 0 Å². The molecule has 0 bridgehead atoms. The van der Waals surface area contributed by atoms with Crippen LogP contribution in [0.5, 0.6) is 0 Å². The van der Waals surface area contributed by atoms with Gasteiger partial charge in [-0.3, -0.25) is 4.79 Å². The van der Waals surface area contributed by atoms with Gasteiger partial charge in [0, 0.05) is 30.7 Å². The molecule has 1 saturated heterocycles. The first-order valence-electron chi connectivity index (χ1n) is 7.87. The minimum Gasteiger partial charge on any atom is -0.333 e. The van der Waals surface area contributed by atoms with Crippen molar-refractivity contribution in [3.05, 3.63) is 71.8 Å². The van der Waals surface area contributed by atoms with Crippen LogP contribution in [0.3, 0.4) is 0 Å². The summed E-state index contributed by atoms with van der Waals surface area (Å²) in [5, 5.41) is 3.56. The number of amides is 1. The number of nitrogens with one attached hydrogen (secondary N) is 1. The number of hydrogen-bond acceptors (Lipinski definition) is 2. The van der Waals surface area contributed by atoms with Crippen LogP contribution in [-0.2, 0) is 6.42 Å². The Bertz CT molecular complexity index is 612. The van der Waals surface area contributed by atoms with E-state index in [-0.39, 0.29) is 11.9 Å². The van der Waals surface area contributed by atoms with Gasteiger partial charge in [0.1, 0.15) is 0 Å². The molecule has 1 N–H and O–H groups in total. The molecule has 2 aromatic rings. The van der Waals surface area contributed by atoms with E-state index in [1.807, 2.05) is 41.3 Å². The SMILES string of the molecule is CC1CNC(Cc2ccccc2)CN1C(=O)c1ccccc1. The van der Waals surface area contributed by atoms with Gasteiger partial charge in [-0.05, 0) is 31.0 Å². The predicted molar refractivity (Wildman–Crippen MR) is 88.9 cm³/mol. The Hall–Kier alpha value is -2.13. The second-order valence-corrected chi connectivity index (χ2v) is 5.97. The summed E-state index contributed by atoms with van der Waals surface area (Å²) in [4.78, 5) is 14.7. The first-order chi connectivity index (χ1) is 10.7. The van der Waals surface area contributed by atoms with Crippen LogP contribution in [-0.4, -0.2) is 36.0 Å². The highest BCUT2D eigenvalue weighted by Gasteiger charge is 2.29. The minimum absolute atomic E-state index is 0.132. The third-order valence-corrected chi connectivity index (χ3v) is 4.26. The molecule has 0 spiro atoms. The Morgan fingerprint density at radius 2 is 1.73 bits per heavy atom. The van der Waals surface area contributed by atoms with Gasteiger partial charge in [-0.2, -0.15) is 0 Å². The molecule has 114 valence electrons. The number of piperazine rings is 1. The molecule has 1 heterocycles. The van der Waals surface area contributed by atoms with Crippen LogP contribution in [0.4, 0.5) is 0 Å². The number of carbonyl (C=O) groups excluding carboxylic acids is 1. The van der Waals surface area contributed by atoms with Crippen molar-refractivity contribution in [2.75, 3.05) is 13.1 Å². The third kappa shape index (κ3) is 3.37. The van der Waals surface area contributed by atoms with Crippen LogP contribution >= 0.6 is 0 Å². The Labute approximate surface area is 132 Å². The highest BCUT2D eigenvalue weighted by atomic mass is 16.2. The van der Waals surface area contributed by atoms with Gasteiger partial charge in [-0.25, -0.2) is 0 Å². The molecular weight excluding hydrogens is 272 g/mol. The van der Waals surface area contributed by atoms with Gasteiger partial charge in [0.05, 0.1) is 0 Å². The average molecular weight is 294 g/mol. The van der Waals surface area contributed by atoms with Crippen LogP contribution < -0.4 is 5.32 Å². The van der Waals surface area contributed by atoms with Crippen LogP contribution in [0.1, 0.15) is 22.8 Å². The van der Waals surface area contributed by atoms with Crippen molar-refractivity contribution in [3.8, 4) is 0 Å². The Morgan fingerprint density at radius 3 is 2.41 bits per heavy atom. The van der Waals surface area contributed by atoms with E-state index in [4.69, 9.17) is 0 Å². The standard InChI is InChI=1S/C19H22N2O/c1-15-13-20-18(12-16-8-4-2-5-9-16)14-21(15)19(22)17-10-6-3-7-11-17/h2-11,15,18,20H,12-14H2,1H3. The molecule has 0 saturated carbocycles. The molecule has 1 amide bonds. The second kappa shape index (κ2) is 6.75. The molecule has 0 aliphatic carbocycles. The molecule has 1 fully saturated rings. The fraction of sp³-hybridized carbons (Fsp3) is 0.316. The van der Waals surface area contributed by atoms with E-state index >= 15 is 0 Å². The summed E-state index contributed by atoms with van der Waals surface area (Å²) in [6, 6.07) is 20.5. The van der Waals surface area contributed by atoms with E-state index in [1.165, 1.54) is 5.56 Å². The second-order valence-electron chi connectivity index (χ2n) is 5.97. The van der Waals surface area contributed by atoms with Crippen molar-refractivity contribution in [1.82, 2.24) is 10.2 Å². The van der Waals surface area contributed by atoms with Crippen LogP contribution in [0.15, 0.2) is 60.7 Å². The predicted octanol–water partition coefficient (Wildman–Crippen LogP) is 2.73. The van der Waals surface area contributed by atoms with Crippen LogP contribution in [0.2, 0.25) is 0 Å². The molecule has 0 radical (unpaired) electrons. The van der Waals surface area contributed by atoms with Gasteiger partial charge in [-0.15, -0.1) is 0 Å². The molecule has 1 aliphatic rings. The lowest BCUT2D eigenvalue weighted by Gasteiger charge is -2.39. The van der Waals surface area contributed by atoms with Crippen LogP contribution in [0, 0.1) is 0 Å². The largest absolute Gasteiger partial charge is 0.333 e. The Morgan fingerprint density at radius 1 is 1.09 bits per heavy atom. The zero-order valence-electron chi connectivity index (χ0n) is 12.9. The average Bonchev–Trinajstić information content (AvgIpc) is 2.58. The van der Waals surface area contributed by atoms with Gasteiger partial charge in [0.2, 0.25) is 0 Å². The molecule has 22 heavy (non-hydrogen) atoms. The van der Waals surface area contributed by atoms with E-state index in [9.17, 15) is 4.79 Å². The summed E-state index contributed by atoms with van der Waals surface area (Å²) in [5.41, 5.74) is 2.08. The lowest BCUT2D eigenvalue weighted by Crippen LogP contribution is -2.57. The number of nitrogens with zero attached hydrogens (tertiary/aromatic N) is 1. The van der Waals surface area contributed by atoms with Crippen molar-refractivity contribution >= 4 is 5.91 Å². The van der Waals surface area contributed by atoms with Gasteiger partial charge < -0.3 is 10.2 Å². The molecule has 1 aliphatic heterocycles. The highest BCUT2D eigenvalue weighted by Crippen LogP contribution is 2.15. The summed E-state index contributed by atoms with van der Waals surface area (Å²) in [7, 11) is 0. The fourth-order valence-corrected chi connectivity index (χ4v) is 2.99. The summed E-state index contributed by atoms with van der Waals surface area (Å²) >= 11 is 0. The van der Waals surface area contributed by atoms with Gasteiger partial charge in [-0.1, -0.05) is 48.5 Å². The van der Waals surface area contributed by atoms with Gasteiger partial charge in [0.25, 0.3) is 5.91 Å². The van der Waals surface area contributed by atoms with Crippen molar-refractivity contribution in [2.24, 2.45) is 0 Å². The van der Waals surface area contributed by atoms with Gasteiger partial charge >= 0.3 is 0 Å². The van der Waals surface area contributed by atoms with Crippen LogP contribution in [0.25, 0.3) is 0 Å². The maximum atomic E-state index is 12.7. The highest BCUT2D eigenvalue weighted by molar-refractivity contribution is 5.94. The number of hydrogen-bond donors (Lipinski definition) is 1. The molecule has 2 aromatic carbocycles. The van der Waals surface area contributed by atoms with E-state index in [0.717, 1.165) is 25.1 Å². The van der Waals surface area contributed by atoms with Crippen molar-refractivity contribution in [3.63, 3.8) is 0 Å². The maximum absolute atomic E-state index is 12.7. The van der Waals surface area contributed by atoms with Crippen molar-refractivity contribution in [1.29, 1.82) is 0 Å². The van der Waals surface area contributed by atoms with E-state index in [1.54, 1.807) is 0 Å². The quantitative estimate of drug-likeness (QED) is 0.944. The fourth-order valence-electron chi connectivity index (χ4n) is 2.99. The third-order valence-electron chi connectivity index (χ3n) is 4.26. The van der Waals surface area contributed by atoms with E-state index < -0.39 is 0 Å². The zero-order chi connectivity index (χ0) is 15.4. The summed E-state index contributed by atoms with van der Waals surface area (Å²) in [5.74, 6) is 0.132. The molecule has 3 rings (SSSR count). The summed E-state index contributed by atoms with van der Waals surface area (Å²) < 4.78 is 0. The van der Waals surface area contributed by atoms with Crippen molar-refractivity contribution in [2.45, 2.75) is 25.4 Å². The lowest BCUT2D eigenvalue weighted by atomic mass is 10.0. The Kier molecular flexibility index (Phi) is 4.54. The molecule has 2 unspecified atom stereocenters. The maximum Gasteiger partial charge on any atom is 0.254 e. The minimum atomic E-state index is 0.132. The summed E-state index contributed by atoms with van der Waals surface area (Å²) in [6.07, 6.45) is 0.951. The molecule has 0 aromatic heterocycles. The van der Waals surface area contributed by atoms with Crippen molar-refractivity contribution < 1.29 is 4.79 Å². The number of rotatable bonds is 3. The summed E-state index contributed by atoms with van der Waals surface area (Å²) in [6.45, 7) is 3.70. The Balaban J connectivity index is 1.70. The smallest absolute Gasteiger partial charge is 0.254 e. The lowest BCUT2D eigenvalue weighted by molar-refractivity contribution is 0.0607. The van der Waals surface area contributed by atoms with E-state index in [2.05, 4.69) is 36.5 Å². The normalized spacial score (nSPS) is 21.6. The van der Waals surface area contributed by atoms with E-state index in [0.29, 0.717) is 6.04 Å². The molecule has 3 nitrogen and oxygen atoms in total.